The van der Waals surface area contributed by atoms with Crippen molar-refractivity contribution in [1.29, 1.82) is 0 Å². The lowest BCUT2D eigenvalue weighted by Crippen LogP contribution is -2.10. The molecule has 10 bridgehead atoms. The van der Waals surface area contributed by atoms with Crippen LogP contribution in [0, 0.1) is 0 Å². The maximum Gasteiger partial charge on any atom is 0.123 e. The molecule has 10 aliphatic carbocycles. The molecule has 0 spiro atoms. The van der Waals surface area contributed by atoms with Gasteiger partial charge in [0.1, 0.15) is 57.5 Å². The van der Waals surface area contributed by atoms with Gasteiger partial charge in [-0.1, -0.05) is 326 Å². The van der Waals surface area contributed by atoms with Gasteiger partial charge in [-0.25, -0.2) is 0 Å². The van der Waals surface area contributed by atoms with Crippen molar-refractivity contribution in [2.24, 2.45) is 0 Å². The zero-order valence-corrected chi connectivity index (χ0v) is 75.8. The molecule has 10 heteroatoms. The van der Waals surface area contributed by atoms with Crippen LogP contribution in [-0.4, -0.2) is 66.1 Å². The zero-order chi connectivity index (χ0) is 81.7. The summed E-state index contributed by atoms with van der Waals surface area (Å²) in [7, 11) is 0. The monoisotopic (exact) mass is 1590 g/mol. The molecule has 0 saturated carbocycles. The van der Waals surface area contributed by atoms with Crippen LogP contribution in [0.1, 0.15) is 446 Å². The third-order valence-corrected chi connectivity index (χ3v) is 23.2. The van der Waals surface area contributed by atoms with E-state index in [1.807, 2.05) is 0 Å². The largest absolute Gasteiger partial charge is 0.493 e. The SMILES string of the molecule is CCCCCCCOc1cc2c(OCCCCCCC)cc1Cc1cc(OCCCCCCC)c(cc1OCCCCCCC)Cc1cc(OCCCCCCC)c(cc1OCCCCCCC)Cc1cc(OCCCCCCC)c(cc1OCCCCCCC)Cc1cc(OCCCCCCC)c(cc1OCCCCCCC)C2. The highest BCUT2D eigenvalue weighted by Gasteiger charge is 2.26. The number of unbranched alkanes of at least 4 members (excludes halogenated alkanes) is 40. The molecule has 115 heavy (non-hydrogen) atoms. The van der Waals surface area contributed by atoms with Crippen molar-refractivity contribution in [2.75, 3.05) is 66.1 Å². The van der Waals surface area contributed by atoms with Crippen LogP contribution in [0.2, 0.25) is 0 Å². The van der Waals surface area contributed by atoms with E-state index in [-0.39, 0.29) is 0 Å². The second kappa shape index (κ2) is 64.1. The molecular weight excluding hydrogens is 1420 g/mol. The van der Waals surface area contributed by atoms with Crippen LogP contribution in [0.25, 0.3) is 0 Å². The number of ether oxygens (including phenoxy) is 10. The molecule has 0 aliphatic heterocycles. The maximum atomic E-state index is 7.30. The van der Waals surface area contributed by atoms with E-state index in [2.05, 4.69) is 130 Å². The van der Waals surface area contributed by atoms with E-state index in [1.54, 1.807) is 0 Å². The Bertz CT molecular complexity index is 2550. The second-order valence-electron chi connectivity index (χ2n) is 33.8. The standard InChI is InChI=1S/C105H170O10/c1-11-21-31-41-51-61-106-96-76-87-72-89-79-101(111-66-56-46-36-26-16-6)91(81-100(89)110-65-55-45-35-25-15-5)74-93-83-105(115-70-60-50-40-30-20-10)95(85-104(93)114-69-59-49-39-29-19-9)75-94-84-102(112-67-57-47-37-27-17-7)92(82-103(94)113-68-58-48-38-28-18-8)73-90-80-98(108-63-53-43-33-23-13-3)88(78-99(90)109-64-54-44-34-24-14-4)71-86(96)77-97(87)107-62-52-42-32-22-12-2/h76-85H,11-75H2,1-10H3. The summed E-state index contributed by atoms with van der Waals surface area (Å²) in [4.78, 5) is 0. The third kappa shape index (κ3) is 40.1. The zero-order valence-electron chi connectivity index (χ0n) is 75.8. The van der Waals surface area contributed by atoms with Gasteiger partial charge in [-0.3, -0.25) is 0 Å². The van der Waals surface area contributed by atoms with Gasteiger partial charge in [-0.15, -0.1) is 0 Å². The summed E-state index contributed by atoms with van der Waals surface area (Å²) in [6.45, 7) is 29.2. The molecule has 0 radical (unpaired) electrons. The smallest absolute Gasteiger partial charge is 0.123 e. The van der Waals surface area contributed by atoms with Crippen LogP contribution in [0.15, 0.2) is 60.7 Å². The Balaban J connectivity index is 1.78. The van der Waals surface area contributed by atoms with Crippen molar-refractivity contribution in [1.82, 2.24) is 0 Å². The van der Waals surface area contributed by atoms with Crippen LogP contribution in [0.4, 0.5) is 0 Å². The molecule has 10 aliphatic rings. The Morgan fingerprint density at radius 3 is 0.304 bits per heavy atom. The van der Waals surface area contributed by atoms with Gasteiger partial charge in [0, 0.05) is 87.7 Å². The Labute approximate surface area is 705 Å². The van der Waals surface area contributed by atoms with E-state index < -0.39 is 0 Å². The van der Waals surface area contributed by atoms with E-state index in [1.165, 1.54) is 193 Å². The van der Waals surface area contributed by atoms with Crippen molar-refractivity contribution in [3.05, 3.63) is 116 Å². The van der Waals surface area contributed by atoms with Crippen molar-refractivity contribution in [3.8, 4) is 57.5 Å². The number of hydrogen-bond donors (Lipinski definition) is 0. The highest BCUT2D eigenvalue weighted by atomic mass is 16.5. The third-order valence-electron chi connectivity index (χ3n) is 23.2. The molecule has 0 atom stereocenters. The summed E-state index contributed by atoms with van der Waals surface area (Å²) in [6.07, 6.45) is 60.3. The fourth-order valence-electron chi connectivity index (χ4n) is 15.8. The van der Waals surface area contributed by atoms with Gasteiger partial charge in [-0.2, -0.15) is 0 Å². The van der Waals surface area contributed by atoms with E-state index in [0.717, 1.165) is 242 Å². The van der Waals surface area contributed by atoms with Crippen molar-refractivity contribution < 1.29 is 47.4 Å². The highest BCUT2D eigenvalue weighted by molar-refractivity contribution is 5.60. The summed E-state index contributed by atoms with van der Waals surface area (Å²) in [5.74, 6) is 8.96. The minimum Gasteiger partial charge on any atom is -0.493 e. The molecule has 0 unspecified atom stereocenters. The molecule has 0 saturated heterocycles. The Morgan fingerprint density at radius 1 is 0.130 bits per heavy atom. The van der Waals surface area contributed by atoms with Crippen LogP contribution in [-0.2, 0) is 32.1 Å². The summed E-state index contributed by atoms with van der Waals surface area (Å²) >= 11 is 0. The molecule has 0 heterocycles. The summed E-state index contributed by atoms with van der Waals surface area (Å²) in [5.41, 5.74) is 10.9. The molecule has 15 rings (SSSR count). The van der Waals surface area contributed by atoms with Crippen LogP contribution < -0.4 is 47.4 Å². The average Bonchev–Trinajstić information content (AvgIpc) is 1.34. The number of hydrogen-bond acceptors (Lipinski definition) is 10. The van der Waals surface area contributed by atoms with Gasteiger partial charge < -0.3 is 47.4 Å². The van der Waals surface area contributed by atoms with Crippen molar-refractivity contribution in [2.45, 2.75) is 422 Å². The summed E-state index contributed by atoms with van der Waals surface area (Å²) < 4.78 is 73.0. The molecule has 10 nitrogen and oxygen atoms in total. The van der Waals surface area contributed by atoms with Gasteiger partial charge >= 0.3 is 0 Å². The topological polar surface area (TPSA) is 92.3 Å². The quantitative estimate of drug-likeness (QED) is 0.0344. The fraction of sp³-hybridized carbons (Fsp3) is 0.714. The second-order valence-corrected chi connectivity index (χ2v) is 33.8. The molecule has 650 valence electrons. The molecule has 0 amide bonds. The first-order chi connectivity index (χ1) is 56.7. The minimum absolute atomic E-state index is 0.570. The Morgan fingerprint density at radius 2 is 0.217 bits per heavy atom. The van der Waals surface area contributed by atoms with Gasteiger partial charge in [0.2, 0.25) is 0 Å². The van der Waals surface area contributed by atoms with Crippen molar-refractivity contribution >= 4 is 0 Å². The lowest BCUT2D eigenvalue weighted by atomic mass is 9.94. The molecule has 0 aromatic heterocycles. The van der Waals surface area contributed by atoms with E-state index in [0.29, 0.717) is 98.2 Å². The van der Waals surface area contributed by atoms with E-state index in [4.69, 9.17) is 47.4 Å². The maximum absolute atomic E-state index is 7.30. The first kappa shape index (κ1) is 97.9. The predicted octanol–water partition coefficient (Wildman–Crippen LogP) is 31.4. The summed E-state index contributed by atoms with van der Waals surface area (Å²) in [6, 6.07) is 23.5. The van der Waals surface area contributed by atoms with Crippen molar-refractivity contribution in [3.63, 3.8) is 0 Å². The lowest BCUT2D eigenvalue weighted by Gasteiger charge is -2.22. The van der Waals surface area contributed by atoms with Crippen LogP contribution in [0.3, 0.4) is 0 Å². The highest BCUT2D eigenvalue weighted by Crippen LogP contribution is 2.44. The van der Waals surface area contributed by atoms with Gasteiger partial charge in [0.25, 0.3) is 0 Å². The van der Waals surface area contributed by atoms with Gasteiger partial charge in [0.05, 0.1) is 66.1 Å². The van der Waals surface area contributed by atoms with Crippen LogP contribution >= 0.6 is 0 Å². The fourth-order valence-corrected chi connectivity index (χ4v) is 15.8. The van der Waals surface area contributed by atoms with E-state index >= 15 is 0 Å². The van der Waals surface area contributed by atoms with E-state index in [9.17, 15) is 0 Å². The number of rotatable bonds is 70. The lowest BCUT2D eigenvalue weighted by molar-refractivity contribution is 0.287. The molecule has 5 aromatic rings. The molecule has 0 fully saturated rings. The first-order valence-electron chi connectivity index (χ1n) is 48.8. The first-order valence-corrected chi connectivity index (χ1v) is 48.8. The van der Waals surface area contributed by atoms with Gasteiger partial charge in [0.15, 0.2) is 0 Å². The Kier molecular flexibility index (Phi) is 54.6. The summed E-state index contributed by atoms with van der Waals surface area (Å²) in [5, 5.41) is 0. The molecule has 0 N–H and O–H groups in total. The average molecular weight is 1590 g/mol. The van der Waals surface area contributed by atoms with Gasteiger partial charge in [-0.05, 0) is 125 Å². The number of benzene rings is 5. The molecule has 5 aromatic carbocycles. The Hall–Kier alpha value is -5.90. The van der Waals surface area contributed by atoms with Crippen LogP contribution in [0.5, 0.6) is 57.5 Å². The normalized spacial score (nSPS) is 12.1. The minimum atomic E-state index is 0.570. The molecular formula is C105H170O10. The predicted molar refractivity (Wildman–Crippen MR) is 489 cm³/mol.